The summed E-state index contributed by atoms with van der Waals surface area (Å²) in [5.74, 6) is -2.13. The van der Waals surface area contributed by atoms with E-state index in [4.69, 9.17) is 10.7 Å². The highest BCUT2D eigenvalue weighted by Gasteiger charge is 2.27. The molecule has 1 aromatic rings. The van der Waals surface area contributed by atoms with Crippen molar-refractivity contribution >= 4 is 41.6 Å². The van der Waals surface area contributed by atoms with E-state index in [0.29, 0.717) is 6.07 Å². The van der Waals surface area contributed by atoms with Crippen LogP contribution < -0.4 is 5.32 Å². The van der Waals surface area contributed by atoms with E-state index in [-0.39, 0.29) is 0 Å². The summed E-state index contributed by atoms with van der Waals surface area (Å²) in [6, 6.07) is 1.44. The van der Waals surface area contributed by atoms with Gasteiger partial charge in [-0.2, -0.15) is 13.2 Å². The van der Waals surface area contributed by atoms with Gasteiger partial charge in [0, 0.05) is 22.8 Å². The quantitative estimate of drug-likeness (QED) is 0.610. The molecule has 0 aliphatic heterocycles. The molecule has 0 spiro atoms. The minimum absolute atomic E-state index is 0.461. The zero-order valence-electron chi connectivity index (χ0n) is 9.97. The zero-order valence-corrected chi connectivity index (χ0v) is 13.1. The molecule has 21 heavy (non-hydrogen) atoms. The Morgan fingerprint density at radius 1 is 1.33 bits per heavy atom. The Morgan fingerprint density at radius 2 is 1.90 bits per heavy atom. The molecule has 0 bridgehead atoms. The Bertz CT molecular complexity index is 663. The van der Waals surface area contributed by atoms with Gasteiger partial charge in [0.25, 0.3) is 15.0 Å². The normalized spacial score (nSPS) is 12.3. The summed E-state index contributed by atoms with van der Waals surface area (Å²) in [4.78, 5) is 10.9. The standard InChI is InChI=1S/C10H7BrClF4NO3S/c11-8-6(13)3-5(4-7(8)21(12,19)20)9(18)17-2-1-10(14,15)16/h3-4H,1-2H2,(H,17,18). The molecule has 0 aliphatic carbocycles. The monoisotopic (exact) mass is 411 g/mol. The van der Waals surface area contributed by atoms with Crippen LogP contribution in [0.2, 0.25) is 0 Å². The largest absolute Gasteiger partial charge is 0.390 e. The minimum Gasteiger partial charge on any atom is -0.352 e. The van der Waals surface area contributed by atoms with E-state index in [2.05, 4.69) is 15.9 Å². The summed E-state index contributed by atoms with van der Waals surface area (Å²) in [5, 5.41) is 1.90. The van der Waals surface area contributed by atoms with E-state index in [9.17, 15) is 30.8 Å². The molecule has 0 atom stereocenters. The molecular formula is C10H7BrClF4NO3S. The van der Waals surface area contributed by atoms with Crippen molar-refractivity contribution in [2.75, 3.05) is 6.54 Å². The number of carbonyl (C=O) groups excluding carboxylic acids is 1. The van der Waals surface area contributed by atoms with Gasteiger partial charge in [-0.1, -0.05) is 0 Å². The lowest BCUT2D eigenvalue weighted by Crippen LogP contribution is -2.28. The highest BCUT2D eigenvalue weighted by atomic mass is 79.9. The third-order valence-corrected chi connectivity index (χ3v) is 4.63. The molecule has 0 fully saturated rings. The maximum atomic E-state index is 13.5. The number of halogens is 6. The molecule has 0 radical (unpaired) electrons. The number of alkyl halides is 3. The van der Waals surface area contributed by atoms with Crippen LogP contribution in [0, 0.1) is 5.82 Å². The van der Waals surface area contributed by atoms with Crippen LogP contribution in [-0.4, -0.2) is 27.0 Å². The van der Waals surface area contributed by atoms with Gasteiger partial charge in [-0.15, -0.1) is 0 Å². The number of rotatable bonds is 4. The highest BCUT2D eigenvalue weighted by molar-refractivity contribution is 9.10. The van der Waals surface area contributed by atoms with Crippen molar-refractivity contribution in [1.29, 1.82) is 0 Å². The summed E-state index contributed by atoms with van der Waals surface area (Å²) in [6.07, 6.45) is -5.72. The van der Waals surface area contributed by atoms with Crippen molar-refractivity contribution in [1.82, 2.24) is 5.32 Å². The van der Waals surface area contributed by atoms with Gasteiger partial charge in [0.1, 0.15) is 10.7 Å². The molecule has 0 unspecified atom stereocenters. The SMILES string of the molecule is O=C(NCCC(F)(F)F)c1cc(F)c(Br)c(S(=O)(=O)Cl)c1. The summed E-state index contributed by atoms with van der Waals surface area (Å²) >= 11 is 2.66. The van der Waals surface area contributed by atoms with Crippen LogP contribution in [-0.2, 0) is 9.05 Å². The van der Waals surface area contributed by atoms with Crippen LogP contribution >= 0.6 is 26.6 Å². The molecule has 4 nitrogen and oxygen atoms in total. The lowest BCUT2D eigenvalue weighted by Gasteiger charge is -2.09. The van der Waals surface area contributed by atoms with Crippen molar-refractivity contribution in [2.45, 2.75) is 17.5 Å². The molecule has 0 heterocycles. The average molecular weight is 413 g/mol. The summed E-state index contributed by atoms with van der Waals surface area (Å²) in [5.41, 5.74) is -0.461. The third-order valence-electron chi connectivity index (χ3n) is 2.21. The van der Waals surface area contributed by atoms with Crippen LogP contribution in [0.25, 0.3) is 0 Å². The predicted molar refractivity (Wildman–Crippen MR) is 70.1 cm³/mol. The van der Waals surface area contributed by atoms with E-state index < -0.39 is 54.8 Å². The molecule has 11 heteroatoms. The average Bonchev–Trinajstić information content (AvgIpc) is 2.29. The van der Waals surface area contributed by atoms with Crippen molar-refractivity contribution in [3.63, 3.8) is 0 Å². The summed E-state index contributed by atoms with van der Waals surface area (Å²) in [7, 11) is 0.741. The second kappa shape index (κ2) is 6.49. The highest BCUT2D eigenvalue weighted by Crippen LogP contribution is 2.29. The molecule has 1 rings (SSSR count). The van der Waals surface area contributed by atoms with Crippen molar-refractivity contribution in [2.24, 2.45) is 0 Å². The maximum absolute atomic E-state index is 13.5. The van der Waals surface area contributed by atoms with E-state index in [1.165, 1.54) is 0 Å². The molecule has 0 aromatic heterocycles. The lowest BCUT2D eigenvalue weighted by molar-refractivity contribution is -0.132. The minimum atomic E-state index is -4.46. The van der Waals surface area contributed by atoms with Crippen LogP contribution in [0.3, 0.4) is 0 Å². The van der Waals surface area contributed by atoms with Crippen LogP contribution in [0.1, 0.15) is 16.8 Å². The van der Waals surface area contributed by atoms with Gasteiger partial charge in [-0.3, -0.25) is 4.79 Å². The van der Waals surface area contributed by atoms with E-state index >= 15 is 0 Å². The van der Waals surface area contributed by atoms with E-state index in [1.54, 1.807) is 0 Å². The molecular weight excluding hydrogens is 406 g/mol. The number of carbonyl (C=O) groups is 1. The molecule has 118 valence electrons. The Labute approximate surface area is 130 Å². The smallest absolute Gasteiger partial charge is 0.352 e. The number of amides is 1. The first-order chi connectivity index (χ1) is 9.42. The molecule has 1 amide bonds. The van der Waals surface area contributed by atoms with E-state index in [1.807, 2.05) is 5.32 Å². The molecule has 1 N–H and O–H groups in total. The summed E-state index contributed by atoms with van der Waals surface area (Å²) in [6.45, 7) is -0.719. The fourth-order valence-corrected chi connectivity index (χ4v) is 3.38. The lowest BCUT2D eigenvalue weighted by atomic mass is 10.2. The van der Waals surface area contributed by atoms with Crippen LogP contribution in [0.5, 0.6) is 0 Å². The predicted octanol–water partition coefficient (Wildman–Crippen LogP) is 3.20. The van der Waals surface area contributed by atoms with Gasteiger partial charge in [-0.05, 0) is 28.1 Å². The fraction of sp³-hybridized carbons (Fsp3) is 0.300. The number of hydrogen-bond donors (Lipinski definition) is 1. The zero-order chi connectivity index (χ0) is 16.4. The molecule has 0 saturated heterocycles. The van der Waals surface area contributed by atoms with Crippen LogP contribution in [0.4, 0.5) is 17.6 Å². The Morgan fingerprint density at radius 3 is 2.38 bits per heavy atom. The third kappa shape index (κ3) is 5.44. The molecule has 0 aliphatic rings. The maximum Gasteiger partial charge on any atom is 0.390 e. The number of benzene rings is 1. The van der Waals surface area contributed by atoms with Gasteiger partial charge in [0.15, 0.2) is 0 Å². The Balaban J connectivity index is 2.99. The molecule has 0 saturated carbocycles. The van der Waals surface area contributed by atoms with Gasteiger partial charge in [-0.25, -0.2) is 12.8 Å². The fourth-order valence-electron chi connectivity index (χ4n) is 1.29. The second-order valence-electron chi connectivity index (χ2n) is 3.83. The van der Waals surface area contributed by atoms with Crippen LogP contribution in [0.15, 0.2) is 21.5 Å². The first-order valence-electron chi connectivity index (χ1n) is 5.20. The van der Waals surface area contributed by atoms with Gasteiger partial charge < -0.3 is 5.32 Å². The Kier molecular flexibility index (Phi) is 5.62. The Hall–Kier alpha value is -0.870. The molecule has 1 aromatic carbocycles. The second-order valence-corrected chi connectivity index (χ2v) is 7.16. The van der Waals surface area contributed by atoms with E-state index in [0.717, 1.165) is 6.07 Å². The number of hydrogen-bond acceptors (Lipinski definition) is 3. The van der Waals surface area contributed by atoms with Crippen molar-refractivity contribution in [3.05, 3.63) is 28.0 Å². The van der Waals surface area contributed by atoms with Gasteiger partial charge in [0.05, 0.1) is 10.9 Å². The van der Waals surface area contributed by atoms with Crippen molar-refractivity contribution < 1.29 is 30.8 Å². The first-order valence-corrected chi connectivity index (χ1v) is 8.30. The van der Waals surface area contributed by atoms with Gasteiger partial charge >= 0.3 is 6.18 Å². The van der Waals surface area contributed by atoms with Gasteiger partial charge in [0.2, 0.25) is 0 Å². The summed E-state index contributed by atoms with van der Waals surface area (Å²) < 4.78 is 71.3. The topological polar surface area (TPSA) is 63.2 Å². The van der Waals surface area contributed by atoms with Crippen molar-refractivity contribution in [3.8, 4) is 0 Å². The number of nitrogens with one attached hydrogen (secondary N) is 1. The first kappa shape index (κ1) is 18.2.